The molecule has 1 saturated heterocycles. The Balaban J connectivity index is 1.42. The molecule has 1 fully saturated rings. The maximum Gasteiger partial charge on any atom is 0.259 e. The van der Waals surface area contributed by atoms with Crippen LogP contribution in [0.1, 0.15) is 41.4 Å². The summed E-state index contributed by atoms with van der Waals surface area (Å²) in [6.07, 6.45) is 3.43. The van der Waals surface area contributed by atoms with Crippen LogP contribution in [-0.4, -0.2) is 56.1 Å². The molecule has 0 spiro atoms. The highest BCUT2D eigenvalue weighted by Crippen LogP contribution is 2.30. The molecule has 2 atom stereocenters. The largest absolute Gasteiger partial charge is 0.393 e. The zero-order valence-electron chi connectivity index (χ0n) is 19.8. The lowest BCUT2D eigenvalue weighted by atomic mass is 9.83. The van der Waals surface area contributed by atoms with Crippen LogP contribution < -0.4 is 5.32 Å². The first kappa shape index (κ1) is 25.3. The van der Waals surface area contributed by atoms with E-state index in [1.807, 2.05) is 12.1 Å². The summed E-state index contributed by atoms with van der Waals surface area (Å²) in [6.45, 7) is 5.35. The van der Waals surface area contributed by atoms with Crippen molar-refractivity contribution in [1.29, 1.82) is 0 Å². The molecule has 0 aliphatic carbocycles. The van der Waals surface area contributed by atoms with Gasteiger partial charge >= 0.3 is 0 Å². The van der Waals surface area contributed by atoms with Gasteiger partial charge in [0.15, 0.2) is 0 Å². The van der Waals surface area contributed by atoms with E-state index in [4.69, 9.17) is 11.6 Å². The second kappa shape index (κ2) is 10.5. The summed E-state index contributed by atoms with van der Waals surface area (Å²) in [5, 5.41) is 27.7. The summed E-state index contributed by atoms with van der Waals surface area (Å²) in [5.74, 6) is -0.657. The van der Waals surface area contributed by atoms with Crippen molar-refractivity contribution in [1.82, 2.24) is 14.7 Å². The minimum Gasteiger partial charge on any atom is -0.393 e. The van der Waals surface area contributed by atoms with Gasteiger partial charge in [-0.2, -0.15) is 5.10 Å². The third kappa shape index (κ3) is 5.90. The van der Waals surface area contributed by atoms with Gasteiger partial charge in [-0.05, 0) is 75.2 Å². The normalized spacial score (nSPS) is 18.3. The number of hydrogen-bond acceptors (Lipinski definition) is 5. The molecule has 0 saturated carbocycles. The number of aliphatic hydroxyl groups excluding tert-OH is 1. The summed E-state index contributed by atoms with van der Waals surface area (Å²) in [4.78, 5) is 15.1. The Hall–Kier alpha value is -2.78. The maximum absolute atomic E-state index is 13.2. The van der Waals surface area contributed by atoms with Gasteiger partial charge in [-0.3, -0.25) is 9.69 Å². The highest BCUT2D eigenvalue weighted by Gasteiger charge is 2.34. The molecule has 1 aromatic heterocycles. The number of likely N-dealkylation sites (tertiary alicyclic amines) is 1. The summed E-state index contributed by atoms with van der Waals surface area (Å²) in [5.41, 5.74) is 2.00. The number of hydrogen-bond donors (Lipinski definition) is 3. The Morgan fingerprint density at radius 2 is 2.03 bits per heavy atom. The third-order valence-corrected chi connectivity index (χ3v) is 7.00. The maximum atomic E-state index is 13.2. The number of aliphatic hydroxyl groups is 2. The van der Waals surface area contributed by atoms with Gasteiger partial charge in [0.05, 0.1) is 29.2 Å². The number of anilines is 1. The van der Waals surface area contributed by atoms with E-state index in [1.54, 1.807) is 42.9 Å². The van der Waals surface area contributed by atoms with Gasteiger partial charge in [-0.1, -0.05) is 17.7 Å². The van der Waals surface area contributed by atoms with Crippen molar-refractivity contribution in [3.63, 3.8) is 0 Å². The van der Waals surface area contributed by atoms with Crippen molar-refractivity contribution in [2.45, 2.75) is 38.8 Å². The molecule has 1 amide bonds. The molecule has 1 aliphatic heterocycles. The quantitative estimate of drug-likeness (QED) is 0.453. The van der Waals surface area contributed by atoms with Crippen molar-refractivity contribution in [3.8, 4) is 5.69 Å². The Labute approximate surface area is 209 Å². The number of piperidine rings is 1. The first-order valence-corrected chi connectivity index (χ1v) is 12.0. The van der Waals surface area contributed by atoms with Crippen LogP contribution in [0.3, 0.4) is 0 Å². The van der Waals surface area contributed by atoms with Gasteiger partial charge < -0.3 is 15.5 Å². The predicted molar refractivity (Wildman–Crippen MR) is 133 cm³/mol. The van der Waals surface area contributed by atoms with Crippen LogP contribution in [-0.2, 0) is 6.54 Å². The number of nitrogens with zero attached hydrogens (tertiary/aromatic N) is 3. The first-order valence-electron chi connectivity index (χ1n) is 11.6. The first-order chi connectivity index (χ1) is 16.7. The van der Waals surface area contributed by atoms with E-state index in [1.165, 1.54) is 12.1 Å². The molecular formula is C26H30ClFN4O3. The summed E-state index contributed by atoms with van der Waals surface area (Å²) in [6, 6.07) is 11.3. The molecule has 3 aromatic rings. The van der Waals surface area contributed by atoms with Gasteiger partial charge in [-0.25, -0.2) is 9.07 Å². The molecular weight excluding hydrogens is 471 g/mol. The van der Waals surface area contributed by atoms with Gasteiger partial charge in [0.1, 0.15) is 5.82 Å². The lowest BCUT2D eigenvalue weighted by molar-refractivity contribution is -0.0697. The number of carbonyl (C=O) groups excluding carboxylic acids is 1. The van der Waals surface area contributed by atoms with Gasteiger partial charge in [-0.15, -0.1) is 0 Å². The third-order valence-electron chi connectivity index (χ3n) is 6.64. The number of benzene rings is 2. The summed E-state index contributed by atoms with van der Waals surface area (Å²) in [7, 11) is 0. The van der Waals surface area contributed by atoms with Crippen molar-refractivity contribution < 1.29 is 19.4 Å². The molecule has 1 aliphatic rings. The SMILES string of the molecule is Cc1nn(-c2ccc(F)cc2)cc1C(=O)Nc1ccc(CN2CCC[C@H]([C@](C)(O)CO)C2)c(Cl)c1. The molecule has 0 unspecified atom stereocenters. The number of carbonyl (C=O) groups is 1. The van der Waals surface area contributed by atoms with Crippen LogP contribution >= 0.6 is 11.6 Å². The summed E-state index contributed by atoms with van der Waals surface area (Å²) < 4.78 is 14.7. The number of amides is 1. The molecule has 2 heterocycles. The number of rotatable bonds is 7. The van der Waals surface area contributed by atoms with Crippen molar-refractivity contribution >= 4 is 23.2 Å². The Morgan fingerprint density at radius 1 is 1.29 bits per heavy atom. The van der Waals surface area contributed by atoms with Crippen LogP contribution in [0, 0.1) is 18.7 Å². The summed E-state index contributed by atoms with van der Waals surface area (Å²) >= 11 is 6.55. The van der Waals surface area contributed by atoms with Gasteiger partial charge in [0.25, 0.3) is 5.91 Å². The Morgan fingerprint density at radius 3 is 2.71 bits per heavy atom. The lowest BCUT2D eigenvalue weighted by Crippen LogP contribution is -2.47. The van der Waals surface area contributed by atoms with Crippen LogP contribution in [0.4, 0.5) is 10.1 Å². The van der Waals surface area contributed by atoms with Crippen LogP contribution in [0.15, 0.2) is 48.7 Å². The number of aryl methyl sites for hydroxylation is 1. The second-order valence-electron chi connectivity index (χ2n) is 9.40. The van der Waals surface area contributed by atoms with E-state index in [0.29, 0.717) is 40.7 Å². The molecule has 4 rings (SSSR count). The number of halogens is 2. The Bertz CT molecular complexity index is 1200. The highest BCUT2D eigenvalue weighted by atomic mass is 35.5. The topological polar surface area (TPSA) is 90.6 Å². The fourth-order valence-corrected chi connectivity index (χ4v) is 4.68. The molecule has 9 heteroatoms. The van der Waals surface area contributed by atoms with E-state index in [2.05, 4.69) is 15.3 Å². The van der Waals surface area contributed by atoms with Crippen molar-refractivity contribution in [2.75, 3.05) is 25.0 Å². The lowest BCUT2D eigenvalue weighted by Gasteiger charge is -2.39. The average molecular weight is 501 g/mol. The molecule has 186 valence electrons. The zero-order chi connectivity index (χ0) is 25.2. The highest BCUT2D eigenvalue weighted by molar-refractivity contribution is 6.31. The van der Waals surface area contributed by atoms with Crippen molar-refractivity contribution in [3.05, 3.63) is 76.3 Å². The minimum absolute atomic E-state index is 0.00217. The van der Waals surface area contributed by atoms with E-state index in [-0.39, 0.29) is 24.2 Å². The number of aromatic nitrogens is 2. The number of nitrogens with one attached hydrogen (secondary N) is 1. The fraction of sp³-hybridized carbons (Fsp3) is 0.385. The van der Waals surface area contributed by atoms with Crippen LogP contribution in [0.5, 0.6) is 0 Å². The molecule has 35 heavy (non-hydrogen) atoms. The van der Waals surface area contributed by atoms with Crippen LogP contribution in [0.2, 0.25) is 5.02 Å². The van der Waals surface area contributed by atoms with E-state index in [9.17, 15) is 19.4 Å². The Kier molecular flexibility index (Phi) is 7.56. The second-order valence-corrected chi connectivity index (χ2v) is 9.81. The van der Waals surface area contributed by atoms with E-state index < -0.39 is 5.60 Å². The molecule has 2 aromatic carbocycles. The van der Waals surface area contributed by atoms with E-state index in [0.717, 1.165) is 24.9 Å². The molecule has 3 N–H and O–H groups in total. The van der Waals surface area contributed by atoms with Crippen molar-refractivity contribution in [2.24, 2.45) is 5.92 Å². The van der Waals surface area contributed by atoms with Gasteiger partial charge in [0, 0.05) is 35.9 Å². The standard InChI is InChI=1S/C26H30ClFN4O3/c1-17-23(15-32(30-17)22-9-6-20(28)7-10-22)25(34)29-21-8-5-18(24(27)12-21)13-31-11-3-4-19(14-31)26(2,35)16-33/h5-10,12,15,19,33,35H,3-4,11,13-14,16H2,1-2H3,(H,29,34)/t19-,26+/m0/s1. The van der Waals surface area contributed by atoms with E-state index >= 15 is 0 Å². The molecule has 0 radical (unpaired) electrons. The molecule has 0 bridgehead atoms. The molecule has 7 nitrogen and oxygen atoms in total. The zero-order valence-corrected chi connectivity index (χ0v) is 20.6. The minimum atomic E-state index is -1.10. The smallest absolute Gasteiger partial charge is 0.259 e. The van der Waals surface area contributed by atoms with Gasteiger partial charge in [0.2, 0.25) is 0 Å². The van der Waals surface area contributed by atoms with Crippen LogP contribution in [0.25, 0.3) is 5.69 Å². The predicted octanol–water partition coefficient (Wildman–Crippen LogP) is 4.18. The average Bonchev–Trinajstić information content (AvgIpc) is 3.23. The monoisotopic (exact) mass is 500 g/mol. The fourth-order valence-electron chi connectivity index (χ4n) is 4.44.